The minimum Gasteiger partial charge on any atom is -0.482 e. The van der Waals surface area contributed by atoms with Gasteiger partial charge in [0.05, 0.1) is 10.7 Å². The lowest BCUT2D eigenvalue weighted by Crippen LogP contribution is -2.27. The molecule has 0 aliphatic heterocycles. The molecule has 1 aromatic heterocycles. The normalized spacial score (nSPS) is 14.2. The molecule has 0 unspecified atom stereocenters. The smallest absolute Gasteiger partial charge is 0.287 e. The SMILES string of the molecule is COCCCNC(=O)c1oc2c(c1C)/C(=N/NC(=O)COc1ccc(Cl)cc1Cl)CCC2. The molecule has 0 bridgehead atoms. The maximum Gasteiger partial charge on any atom is 0.287 e. The maximum atomic E-state index is 12.5. The van der Waals surface area contributed by atoms with Gasteiger partial charge >= 0.3 is 0 Å². The Kier molecular flexibility index (Phi) is 8.55. The zero-order valence-corrected chi connectivity index (χ0v) is 19.4. The molecule has 172 valence electrons. The van der Waals surface area contributed by atoms with Crippen molar-refractivity contribution in [1.29, 1.82) is 0 Å². The first kappa shape index (κ1) is 24.1. The number of furan rings is 1. The summed E-state index contributed by atoms with van der Waals surface area (Å²) >= 11 is 11.9. The third kappa shape index (κ3) is 6.03. The van der Waals surface area contributed by atoms with Gasteiger partial charge in [-0.1, -0.05) is 23.2 Å². The minimum atomic E-state index is -0.437. The van der Waals surface area contributed by atoms with Crippen LogP contribution in [0, 0.1) is 6.92 Å². The summed E-state index contributed by atoms with van der Waals surface area (Å²) in [4.78, 5) is 24.7. The highest BCUT2D eigenvalue weighted by Crippen LogP contribution is 2.30. The summed E-state index contributed by atoms with van der Waals surface area (Å²) in [5, 5.41) is 7.89. The molecular formula is C22H25Cl2N3O5. The first-order valence-corrected chi connectivity index (χ1v) is 11.0. The Morgan fingerprint density at radius 3 is 2.81 bits per heavy atom. The summed E-state index contributed by atoms with van der Waals surface area (Å²) in [6, 6.07) is 4.75. The van der Waals surface area contributed by atoms with Gasteiger partial charge < -0.3 is 19.2 Å². The van der Waals surface area contributed by atoms with E-state index in [1.165, 1.54) is 6.07 Å². The van der Waals surface area contributed by atoms with E-state index in [2.05, 4.69) is 15.8 Å². The van der Waals surface area contributed by atoms with Gasteiger partial charge in [0, 0.05) is 42.8 Å². The second-order valence-corrected chi connectivity index (χ2v) is 8.11. The van der Waals surface area contributed by atoms with E-state index >= 15 is 0 Å². The van der Waals surface area contributed by atoms with Crippen molar-refractivity contribution >= 4 is 40.7 Å². The fraction of sp³-hybridized carbons (Fsp3) is 0.409. The van der Waals surface area contributed by atoms with E-state index < -0.39 is 5.91 Å². The van der Waals surface area contributed by atoms with Crippen molar-refractivity contribution in [2.24, 2.45) is 5.10 Å². The fourth-order valence-corrected chi connectivity index (χ4v) is 3.86. The Morgan fingerprint density at radius 1 is 1.25 bits per heavy atom. The van der Waals surface area contributed by atoms with Crippen LogP contribution in [0.2, 0.25) is 10.0 Å². The molecule has 1 aromatic carbocycles. The number of fused-ring (bicyclic) bond motifs is 1. The third-order valence-corrected chi connectivity index (χ3v) is 5.44. The Bertz CT molecular complexity index is 1020. The van der Waals surface area contributed by atoms with Gasteiger partial charge in [-0.05, 0) is 44.4 Å². The van der Waals surface area contributed by atoms with Crippen molar-refractivity contribution in [2.45, 2.75) is 32.6 Å². The summed E-state index contributed by atoms with van der Waals surface area (Å²) in [5.74, 6) is 0.616. The topological polar surface area (TPSA) is 102 Å². The standard InChI is InChI=1S/C22H25Cl2N3O5/c1-13-20-16(26-27-19(28)12-31-17-8-7-14(23)11-15(17)24)5-3-6-18(20)32-21(13)22(29)25-9-4-10-30-2/h7-8,11H,3-6,9-10,12H2,1-2H3,(H,25,29)(H,27,28)/b26-16+. The van der Waals surface area contributed by atoms with Gasteiger partial charge in [0.15, 0.2) is 12.4 Å². The van der Waals surface area contributed by atoms with Gasteiger partial charge in [-0.3, -0.25) is 9.59 Å². The van der Waals surface area contributed by atoms with E-state index in [1.807, 2.05) is 6.92 Å². The van der Waals surface area contributed by atoms with Gasteiger partial charge in [0.1, 0.15) is 11.5 Å². The van der Waals surface area contributed by atoms with E-state index in [9.17, 15) is 9.59 Å². The van der Waals surface area contributed by atoms with Crippen LogP contribution in [0.15, 0.2) is 27.7 Å². The molecule has 2 amide bonds. The number of halogens is 2. The van der Waals surface area contributed by atoms with E-state index in [4.69, 9.17) is 37.1 Å². The summed E-state index contributed by atoms with van der Waals surface area (Å²) in [7, 11) is 1.62. The Hall–Kier alpha value is -2.55. The third-order valence-electron chi connectivity index (χ3n) is 4.91. The van der Waals surface area contributed by atoms with E-state index in [0.29, 0.717) is 65.2 Å². The minimum absolute atomic E-state index is 0.259. The number of methoxy groups -OCH3 is 1. The molecule has 0 atom stereocenters. The average molecular weight is 482 g/mol. The summed E-state index contributed by atoms with van der Waals surface area (Å²) in [6.45, 7) is 2.62. The molecular weight excluding hydrogens is 457 g/mol. The molecule has 1 aliphatic rings. The van der Waals surface area contributed by atoms with Gasteiger partial charge in [0.2, 0.25) is 0 Å². The number of aryl methyl sites for hydroxylation is 1. The van der Waals surface area contributed by atoms with Crippen LogP contribution in [0.1, 0.15) is 46.7 Å². The number of amides is 2. The number of nitrogens with zero attached hydrogens (tertiary/aromatic N) is 1. The highest BCUT2D eigenvalue weighted by Gasteiger charge is 2.28. The Morgan fingerprint density at radius 2 is 2.06 bits per heavy atom. The van der Waals surface area contributed by atoms with Crippen molar-refractivity contribution < 1.29 is 23.5 Å². The predicted octanol–water partition coefficient (Wildman–Crippen LogP) is 3.90. The molecule has 1 heterocycles. The quantitative estimate of drug-likeness (QED) is 0.417. The first-order valence-electron chi connectivity index (χ1n) is 10.2. The molecule has 2 aromatic rings. The second kappa shape index (κ2) is 11.4. The second-order valence-electron chi connectivity index (χ2n) is 7.27. The largest absolute Gasteiger partial charge is 0.482 e. The monoisotopic (exact) mass is 481 g/mol. The number of benzene rings is 1. The van der Waals surface area contributed by atoms with Gasteiger partial charge in [-0.15, -0.1) is 0 Å². The van der Waals surface area contributed by atoms with Crippen LogP contribution in [0.4, 0.5) is 0 Å². The number of nitrogens with one attached hydrogen (secondary N) is 2. The van der Waals surface area contributed by atoms with Gasteiger partial charge in [-0.2, -0.15) is 5.10 Å². The number of carbonyl (C=O) groups is 2. The molecule has 1 aliphatic carbocycles. The van der Waals surface area contributed by atoms with Crippen LogP contribution in [-0.4, -0.2) is 44.4 Å². The zero-order valence-electron chi connectivity index (χ0n) is 17.9. The lowest BCUT2D eigenvalue weighted by molar-refractivity contribution is -0.123. The molecule has 3 rings (SSSR count). The molecule has 0 saturated heterocycles. The molecule has 0 saturated carbocycles. The summed E-state index contributed by atoms with van der Waals surface area (Å²) in [5.41, 5.74) is 4.66. The van der Waals surface area contributed by atoms with Crippen LogP contribution in [-0.2, 0) is 16.0 Å². The van der Waals surface area contributed by atoms with Crippen molar-refractivity contribution in [3.05, 3.63) is 50.9 Å². The number of hydrazone groups is 1. The van der Waals surface area contributed by atoms with Crippen LogP contribution in [0.5, 0.6) is 5.75 Å². The summed E-state index contributed by atoms with van der Waals surface area (Å²) < 4.78 is 16.2. The molecule has 0 radical (unpaired) electrons. The van der Waals surface area contributed by atoms with Crippen LogP contribution < -0.4 is 15.5 Å². The van der Waals surface area contributed by atoms with Crippen LogP contribution in [0.3, 0.4) is 0 Å². The van der Waals surface area contributed by atoms with Crippen molar-refractivity contribution in [1.82, 2.24) is 10.7 Å². The Balaban J connectivity index is 1.64. The van der Waals surface area contributed by atoms with E-state index in [1.54, 1.807) is 19.2 Å². The lowest BCUT2D eigenvalue weighted by atomic mass is 9.93. The molecule has 8 nitrogen and oxygen atoms in total. The molecule has 2 N–H and O–H groups in total. The van der Waals surface area contributed by atoms with Crippen LogP contribution >= 0.6 is 23.2 Å². The molecule has 10 heteroatoms. The van der Waals surface area contributed by atoms with Crippen molar-refractivity contribution in [2.75, 3.05) is 26.9 Å². The summed E-state index contributed by atoms with van der Waals surface area (Å²) in [6.07, 6.45) is 2.88. The number of rotatable bonds is 9. The number of ether oxygens (including phenoxy) is 2. The van der Waals surface area contributed by atoms with Gasteiger partial charge in [-0.25, -0.2) is 5.43 Å². The number of carbonyl (C=O) groups excluding carboxylic acids is 2. The first-order chi connectivity index (χ1) is 15.4. The fourth-order valence-electron chi connectivity index (χ4n) is 3.39. The predicted molar refractivity (Wildman–Crippen MR) is 122 cm³/mol. The highest BCUT2D eigenvalue weighted by atomic mass is 35.5. The molecule has 0 spiro atoms. The zero-order chi connectivity index (χ0) is 23.1. The maximum absolute atomic E-state index is 12.5. The van der Waals surface area contributed by atoms with E-state index in [-0.39, 0.29) is 18.3 Å². The average Bonchev–Trinajstić information content (AvgIpc) is 3.12. The van der Waals surface area contributed by atoms with E-state index in [0.717, 1.165) is 12.0 Å². The van der Waals surface area contributed by atoms with Gasteiger partial charge in [0.25, 0.3) is 11.8 Å². The lowest BCUT2D eigenvalue weighted by Gasteiger charge is -2.13. The Labute approximate surface area is 196 Å². The molecule has 0 fully saturated rings. The highest BCUT2D eigenvalue weighted by molar-refractivity contribution is 6.35. The molecule has 32 heavy (non-hydrogen) atoms. The van der Waals surface area contributed by atoms with Crippen molar-refractivity contribution in [3.63, 3.8) is 0 Å². The van der Waals surface area contributed by atoms with Crippen LogP contribution in [0.25, 0.3) is 0 Å². The number of hydrogen-bond acceptors (Lipinski definition) is 6. The number of hydrogen-bond donors (Lipinski definition) is 2. The van der Waals surface area contributed by atoms with Crippen molar-refractivity contribution in [3.8, 4) is 5.75 Å².